The van der Waals surface area contributed by atoms with Crippen molar-refractivity contribution in [2.24, 2.45) is 0 Å². The molecule has 0 saturated heterocycles. The van der Waals surface area contributed by atoms with Crippen LogP contribution in [-0.2, 0) is 0 Å². The first-order chi connectivity index (χ1) is 11.9. The number of anilines is 2. The van der Waals surface area contributed by atoms with Gasteiger partial charge in [-0.1, -0.05) is 0 Å². The molecule has 7 heteroatoms. The van der Waals surface area contributed by atoms with E-state index in [1.54, 1.807) is 18.2 Å². The minimum absolute atomic E-state index is 0.0120. The van der Waals surface area contributed by atoms with Gasteiger partial charge in [-0.2, -0.15) is 0 Å². The van der Waals surface area contributed by atoms with Gasteiger partial charge in [0.05, 0.1) is 18.0 Å². The van der Waals surface area contributed by atoms with Crippen LogP contribution in [0, 0.1) is 5.41 Å². The molecular formula is C18H23N5O2. The predicted octanol–water partition coefficient (Wildman–Crippen LogP) is 2.20. The quantitative estimate of drug-likeness (QED) is 0.453. The lowest BCUT2D eigenvalue weighted by Crippen LogP contribution is -2.20. The number of nitrogens with one attached hydrogen (secondary N) is 2. The van der Waals surface area contributed by atoms with Gasteiger partial charge in [-0.15, -0.1) is 0 Å². The Hall–Kier alpha value is -2.67. The molecule has 7 nitrogen and oxygen atoms in total. The van der Waals surface area contributed by atoms with E-state index in [0.29, 0.717) is 28.5 Å². The number of hydrogen-bond donors (Lipinski definition) is 4. The van der Waals surface area contributed by atoms with Gasteiger partial charge in [-0.3, -0.25) is 5.41 Å². The molecule has 1 aromatic carbocycles. The van der Waals surface area contributed by atoms with Crippen LogP contribution in [0.5, 0.6) is 5.75 Å². The molecule has 1 aliphatic carbocycles. The zero-order valence-corrected chi connectivity index (χ0v) is 14.4. The van der Waals surface area contributed by atoms with Crippen LogP contribution in [-0.4, -0.2) is 39.0 Å². The Morgan fingerprint density at radius 3 is 2.84 bits per heavy atom. The van der Waals surface area contributed by atoms with Crippen molar-refractivity contribution in [1.82, 2.24) is 9.97 Å². The Bertz CT molecular complexity index is 789. The Labute approximate surface area is 146 Å². The number of nitrogen functional groups attached to an aromatic ring is 1. The number of nitrogens with two attached hydrogens (primary N) is 1. The summed E-state index contributed by atoms with van der Waals surface area (Å²) in [6.07, 6.45) is 3.46. The molecule has 0 bridgehead atoms. The fourth-order valence-electron chi connectivity index (χ4n) is 2.39. The number of benzene rings is 1. The second-order valence-corrected chi connectivity index (χ2v) is 6.69. The summed E-state index contributed by atoms with van der Waals surface area (Å²) >= 11 is 0. The number of aliphatic hydroxyl groups excluding tert-OH is 1. The average Bonchev–Trinajstić information content (AvgIpc) is 3.33. The fourth-order valence-corrected chi connectivity index (χ4v) is 2.39. The highest BCUT2D eigenvalue weighted by molar-refractivity contribution is 6.13. The summed E-state index contributed by atoms with van der Waals surface area (Å²) in [6.45, 7) is 3.89. The van der Waals surface area contributed by atoms with Gasteiger partial charge in [-0.25, -0.2) is 9.97 Å². The van der Waals surface area contributed by atoms with Gasteiger partial charge in [0, 0.05) is 23.4 Å². The molecule has 5 N–H and O–H groups in total. The third kappa shape index (κ3) is 4.06. The van der Waals surface area contributed by atoms with Crippen LogP contribution >= 0.6 is 0 Å². The van der Waals surface area contributed by atoms with Crippen molar-refractivity contribution in [3.8, 4) is 5.75 Å². The van der Waals surface area contributed by atoms with Crippen LogP contribution < -0.4 is 15.8 Å². The number of hydrogen-bond acceptors (Lipinski definition) is 7. The molecule has 0 amide bonds. The van der Waals surface area contributed by atoms with E-state index in [-0.39, 0.29) is 24.0 Å². The minimum atomic E-state index is -0.141. The van der Waals surface area contributed by atoms with E-state index in [1.165, 1.54) is 6.33 Å². The first-order valence-electron chi connectivity index (χ1n) is 8.27. The first kappa shape index (κ1) is 17.2. The third-order valence-corrected chi connectivity index (χ3v) is 4.20. The summed E-state index contributed by atoms with van der Waals surface area (Å²) in [5.74, 6) is 1.25. The monoisotopic (exact) mass is 341 g/mol. The zero-order chi connectivity index (χ0) is 18.0. The van der Waals surface area contributed by atoms with Gasteiger partial charge in [-0.05, 0) is 44.9 Å². The van der Waals surface area contributed by atoms with Gasteiger partial charge < -0.3 is 20.9 Å². The lowest BCUT2D eigenvalue weighted by atomic mass is 10.0. The van der Waals surface area contributed by atoms with Crippen LogP contribution in [0.15, 0.2) is 30.6 Å². The largest absolute Gasteiger partial charge is 0.488 e. The van der Waals surface area contributed by atoms with Gasteiger partial charge in [0.2, 0.25) is 0 Å². The predicted molar refractivity (Wildman–Crippen MR) is 97.3 cm³/mol. The van der Waals surface area contributed by atoms with Crippen molar-refractivity contribution in [2.45, 2.75) is 38.3 Å². The average molecular weight is 341 g/mol. The highest BCUT2D eigenvalue weighted by Gasteiger charge is 2.40. The van der Waals surface area contributed by atoms with Crippen LogP contribution in [0.1, 0.15) is 37.9 Å². The third-order valence-electron chi connectivity index (χ3n) is 4.20. The maximum atomic E-state index is 9.14. The topological polar surface area (TPSA) is 117 Å². The number of aromatic nitrogens is 2. The molecule has 1 aromatic heterocycles. The molecule has 1 unspecified atom stereocenters. The molecule has 1 aliphatic rings. The van der Waals surface area contributed by atoms with E-state index < -0.39 is 0 Å². The summed E-state index contributed by atoms with van der Waals surface area (Å²) in [7, 11) is 0. The summed E-state index contributed by atoms with van der Waals surface area (Å²) in [6, 6.07) is 6.89. The minimum Gasteiger partial charge on any atom is -0.488 e. The van der Waals surface area contributed by atoms with E-state index in [4.69, 9.17) is 21.0 Å². The number of aliphatic hydroxyl groups is 1. The van der Waals surface area contributed by atoms with Gasteiger partial charge in [0.25, 0.3) is 0 Å². The number of rotatable bonds is 7. The van der Waals surface area contributed by atoms with Crippen molar-refractivity contribution in [3.05, 3.63) is 41.9 Å². The standard InChI is InChI=1S/C18H23N5O2/c1-11(9-24)23-16-8-15(21-10-22-16)17(20)13-7-12(3-4-14(13)19)25-18(2)5-6-18/h3-4,7-8,10-11,20,24H,5-6,9,19H2,1-2H3,(H,21,22,23). The molecule has 0 radical (unpaired) electrons. The second-order valence-electron chi connectivity index (χ2n) is 6.69. The molecule has 25 heavy (non-hydrogen) atoms. The summed E-state index contributed by atoms with van der Waals surface area (Å²) < 4.78 is 5.96. The lowest BCUT2D eigenvalue weighted by molar-refractivity contribution is 0.200. The SMILES string of the molecule is CC(CO)Nc1cc(C(=N)c2cc(OC3(C)CC3)ccc2N)ncn1. The smallest absolute Gasteiger partial charge is 0.130 e. The van der Waals surface area contributed by atoms with Crippen molar-refractivity contribution >= 4 is 17.2 Å². The van der Waals surface area contributed by atoms with Crippen molar-refractivity contribution in [2.75, 3.05) is 17.7 Å². The van der Waals surface area contributed by atoms with Crippen LogP contribution in [0.4, 0.5) is 11.5 Å². The molecule has 132 valence electrons. The molecule has 1 atom stereocenters. The highest BCUT2D eigenvalue weighted by Crippen LogP contribution is 2.40. The van der Waals surface area contributed by atoms with Crippen molar-refractivity contribution in [1.29, 1.82) is 5.41 Å². The molecule has 1 heterocycles. The molecule has 0 spiro atoms. The molecule has 1 fully saturated rings. The van der Waals surface area contributed by atoms with Crippen molar-refractivity contribution in [3.63, 3.8) is 0 Å². The maximum absolute atomic E-state index is 9.14. The van der Waals surface area contributed by atoms with Crippen LogP contribution in [0.2, 0.25) is 0 Å². The van der Waals surface area contributed by atoms with Gasteiger partial charge in [0.1, 0.15) is 23.5 Å². The van der Waals surface area contributed by atoms with E-state index in [2.05, 4.69) is 22.2 Å². The highest BCUT2D eigenvalue weighted by atomic mass is 16.5. The molecule has 3 rings (SSSR count). The van der Waals surface area contributed by atoms with Crippen LogP contribution in [0.25, 0.3) is 0 Å². The Balaban J connectivity index is 1.85. The van der Waals surface area contributed by atoms with Gasteiger partial charge >= 0.3 is 0 Å². The van der Waals surface area contributed by atoms with E-state index in [1.807, 2.05) is 13.0 Å². The lowest BCUT2D eigenvalue weighted by Gasteiger charge is -2.16. The summed E-state index contributed by atoms with van der Waals surface area (Å²) in [4.78, 5) is 8.29. The summed E-state index contributed by atoms with van der Waals surface area (Å²) in [5, 5.41) is 20.7. The van der Waals surface area contributed by atoms with E-state index in [0.717, 1.165) is 12.8 Å². The first-order valence-corrected chi connectivity index (χ1v) is 8.27. The molecule has 2 aromatic rings. The van der Waals surface area contributed by atoms with Gasteiger partial charge in [0.15, 0.2) is 0 Å². The summed E-state index contributed by atoms with van der Waals surface area (Å²) in [5.41, 5.74) is 7.68. The normalized spacial score (nSPS) is 16.1. The number of nitrogens with zero attached hydrogens (tertiary/aromatic N) is 2. The zero-order valence-electron chi connectivity index (χ0n) is 14.4. The van der Waals surface area contributed by atoms with Crippen LogP contribution in [0.3, 0.4) is 0 Å². The van der Waals surface area contributed by atoms with E-state index in [9.17, 15) is 0 Å². The molecule has 0 aliphatic heterocycles. The van der Waals surface area contributed by atoms with Crippen molar-refractivity contribution < 1.29 is 9.84 Å². The number of ether oxygens (including phenoxy) is 1. The second kappa shape index (κ2) is 6.68. The maximum Gasteiger partial charge on any atom is 0.130 e. The Morgan fingerprint density at radius 2 is 2.16 bits per heavy atom. The fraction of sp³-hybridized carbons (Fsp3) is 0.389. The van der Waals surface area contributed by atoms with E-state index >= 15 is 0 Å². The Kier molecular flexibility index (Phi) is 4.59. The molecule has 1 saturated carbocycles. The Morgan fingerprint density at radius 1 is 1.40 bits per heavy atom. The molecular weight excluding hydrogens is 318 g/mol.